The van der Waals surface area contributed by atoms with Crippen LogP contribution in [-0.2, 0) is 14.3 Å². The first-order chi connectivity index (χ1) is 35.9. The van der Waals surface area contributed by atoms with Gasteiger partial charge in [-0.05, 0) is 57.8 Å². The van der Waals surface area contributed by atoms with Crippen LogP contribution >= 0.6 is 0 Å². The third-order valence-electron chi connectivity index (χ3n) is 15.0. The molecular weight excluding hydrogens is 903 g/mol. The van der Waals surface area contributed by atoms with Crippen molar-refractivity contribution in [3.05, 3.63) is 36.5 Å². The molecule has 0 aliphatic heterocycles. The molecule has 0 aromatic heterocycles. The summed E-state index contributed by atoms with van der Waals surface area (Å²) in [5.74, 6) is -0.132. The van der Waals surface area contributed by atoms with Gasteiger partial charge in [0, 0.05) is 12.8 Å². The Kier molecular flexibility index (Phi) is 59.3. The van der Waals surface area contributed by atoms with Gasteiger partial charge in [0.05, 0.1) is 31.5 Å². The highest BCUT2D eigenvalue weighted by molar-refractivity contribution is 5.76. The average molecular weight is 1030 g/mol. The van der Waals surface area contributed by atoms with Gasteiger partial charge in [-0.3, -0.25) is 9.59 Å². The normalized spacial score (nSPS) is 13.2. The van der Waals surface area contributed by atoms with Crippen LogP contribution in [0.25, 0.3) is 0 Å². The predicted molar refractivity (Wildman–Crippen MR) is 316 cm³/mol. The number of nitrogens with one attached hydrogen (secondary N) is 1. The van der Waals surface area contributed by atoms with Crippen molar-refractivity contribution in [2.45, 2.75) is 360 Å². The first kappa shape index (κ1) is 71.0. The number of amides is 1. The number of rotatable bonds is 60. The van der Waals surface area contributed by atoms with Crippen molar-refractivity contribution < 1.29 is 29.6 Å². The van der Waals surface area contributed by atoms with E-state index in [2.05, 4.69) is 43.5 Å². The van der Waals surface area contributed by atoms with Crippen LogP contribution in [0.4, 0.5) is 0 Å². The van der Waals surface area contributed by atoms with Gasteiger partial charge in [-0.2, -0.15) is 0 Å². The molecule has 0 heterocycles. The zero-order valence-electron chi connectivity index (χ0n) is 48.7. The molecule has 0 rings (SSSR count). The Balaban J connectivity index is 3.44. The lowest BCUT2D eigenvalue weighted by atomic mass is 10.0. The number of hydrogen-bond acceptors (Lipinski definition) is 6. The number of allylic oxidation sites excluding steroid dienone is 4. The van der Waals surface area contributed by atoms with E-state index in [-0.39, 0.29) is 18.5 Å². The van der Waals surface area contributed by atoms with E-state index in [1.54, 1.807) is 6.08 Å². The molecule has 0 bridgehead atoms. The average Bonchev–Trinajstić information content (AvgIpc) is 3.39. The van der Waals surface area contributed by atoms with Crippen molar-refractivity contribution in [2.24, 2.45) is 0 Å². The zero-order valence-corrected chi connectivity index (χ0v) is 48.7. The third-order valence-corrected chi connectivity index (χ3v) is 15.0. The van der Waals surface area contributed by atoms with E-state index in [1.807, 2.05) is 0 Å². The molecule has 7 heteroatoms. The van der Waals surface area contributed by atoms with Crippen LogP contribution in [0.3, 0.4) is 0 Å². The molecule has 1 amide bonds. The van der Waals surface area contributed by atoms with Crippen molar-refractivity contribution in [3.63, 3.8) is 0 Å². The summed E-state index contributed by atoms with van der Waals surface area (Å²) in [6, 6.07) is -0.750. The molecule has 430 valence electrons. The quantitative estimate of drug-likeness (QED) is 0.0274. The molecule has 7 nitrogen and oxygen atoms in total. The van der Waals surface area contributed by atoms with E-state index in [0.29, 0.717) is 25.9 Å². The SMILES string of the molecule is CCCCC/C=C\C/C=C\CCCCCCCC(=O)OCCCCCCCCCCCCCCCCCCCCCCCCCCC(=O)N[C@@H](CO)[C@H](O)/C=C/[C@H](O)CCCCCCCCCCCCCCC. The summed E-state index contributed by atoms with van der Waals surface area (Å²) in [5, 5.41) is 33.5. The minimum Gasteiger partial charge on any atom is -0.466 e. The molecule has 0 radical (unpaired) electrons. The second-order valence-electron chi connectivity index (χ2n) is 22.3. The summed E-state index contributed by atoms with van der Waals surface area (Å²) in [7, 11) is 0. The lowest BCUT2D eigenvalue weighted by Gasteiger charge is -2.20. The summed E-state index contributed by atoms with van der Waals surface area (Å²) in [6.07, 6.45) is 73.4. The van der Waals surface area contributed by atoms with Gasteiger partial charge >= 0.3 is 5.97 Å². The molecule has 0 saturated carbocycles. The summed E-state index contributed by atoms with van der Waals surface area (Å²) < 4.78 is 5.48. The number of unbranched alkanes of at least 4 members (excludes halogenated alkanes) is 43. The number of aliphatic hydroxyl groups excluding tert-OH is 3. The van der Waals surface area contributed by atoms with Gasteiger partial charge in [-0.1, -0.05) is 307 Å². The number of carbonyl (C=O) groups is 2. The molecule has 0 spiro atoms. The molecule has 0 aliphatic rings. The van der Waals surface area contributed by atoms with Crippen LogP contribution in [0.15, 0.2) is 36.5 Å². The monoisotopic (exact) mass is 1030 g/mol. The van der Waals surface area contributed by atoms with Gasteiger partial charge in [-0.25, -0.2) is 0 Å². The van der Waals surface area contributed by atoms with Gasteiger partial charge in [-0.15, -0.1) is 0 Å². The number of carbonyl (C=O) groups excluding carboxylic acids is 2. The van der Waals surface area contributed by atoms with Crippen molar-refractivity contribution in [1.29, 1.82) is 0 Å². The summed E-state index contributed by atoms with van der Waals surface area (Å²) in [6.45, 7) is 4.78. The largest absolute Gasteiger partial charge is 0.466 e. The molecule has 4 N–H and O–H groups in total. The molecule has 0 aliphatic carbocycles. The fourth-order valence-electron chi connectivity index (χ4n) is 9.98. The highest BCUT2D eigenvalue weighted by atomic mass is 16.5. The molecule has 3 atom stereocenters. The van der Waals surface area contributed by atoms with Gasteiger partial charge in [0.2, 0.25) is 5.91 Å². The summed E-state index contributed by atoms with van der Waals surface area (Å²) in [5.41, 5.74) is 0. The van der Waals surface area contributed by atoms with Crippen molar-refractivity contribution >= 4 is 11.9 Å². The first-order valence-corrected chi connectivity index (χ1v) is 32.3. The molecule has 0 aromatic rings. The first-order valence-electron chi connectivity index (χ1n) is 32.3. The van der Waals surface area contributed by atoms with Gasteiger partial charge in [0.1, 0.15) is 0 Å². The molecule has 0 saturated heterocycles. The Labute approximate surface area is 454 Å². The maximum atomic E-state index is 12.5. The van der Waals surface area contributed by atoms with E-state index in [4.69, 9.17) is 4.74 Å². The lowest BCUT2D eigenvalue weighted by Crippen LogP contribution is -2.45. The maximum Gasteiger partial charge on any atom is 0.305 e. The van der Waals surface area contributed by atoms with Crippen molar-refractivity contribution in [1.82, 2.24) is 5.32 Å². The Morgan fingerprint density at radius 1 is 0.411 bits per heavy atom. The second kappa shape index (κ2) is 60.9. The van der Waals surface area contributed by atoms with Crippen LogP contribution in [-0.4, -0.2) is 58.7 Å². The van der Waals surface area contributed by atoms with Crippen molar-refractivity contribution in [2.75, 3.05) is 13.2 Å². The highest BCUT2D eigenvalue weighted by Gasteiger charge is 2.18. The van der Waals surface area contributed by atoms with Gasteiger partial charge < -0.3 is 25.4 Å². The molecule has 73 heavy (non-hydrogen) atoms. The summed E-state index contributed by atoms with van der Waals surface area (Å²) >= 11 is 0. The number of hydrogen-bond donors (Lipinski definition) is 4. The Morgan fingerprint density at radius 3 is 1.18 bits per heavy atom. The van der Waals surface area contributed by atoms with Crippen molar-refractivity contribution in [3.8, 4) is 0 Å². The molecule has 0 aromatic carbocycles. The third kappa shape index (κ3) is 57.6. The van der Waals surface area contributed by atoms with Crippen LogP contribution in [0, 0.1) is 0 Å². The second-order valence-corrected chi connectivity index (χ2v) is 22.3. The zero-order chi connectivity index (χ0) is 53.0. The van der Waals surface area contributed by atoms with Crippen LogP contribution in [0.2, 0.25) is 0 Å². The molecule has 0 fully saturated rings. The minimum absolute atomic E-state index is 0.00214. The van der Waals surface area contributed by atoms with Crippen LogP contribution in [0.5, 0.6) is 0 Å². The number of aliphatic hydroxyl groups is 3. The van der Waals surface area contributed by atoms with Crippen LogP contribution in [0.1, 0.15) is 341 Å². The summed E-state index contributed by atoms with van der Waals surface area (Å²) in [4.78, 5) is 24.6. The van der Waals surface area contributed by atoms with E-state index < -0.39 is 18.2 Å². The number of ether oxygens (including phenoxy) is 1. The maximum absolute atomic E-state index is 12.5. The van der Waals surface area contributed by atoms with E-state index in [9.17, 15) is 24.9 Å². The number of esters is 1. The minimum atomic E-state index is -1.02. The Morgan fingerprint density at radius 2 is 0.753 bits per heavy atom. The standard InChI is InChI=1S/C66H125NO6/c1-3-5-7-9-11-13-15-17-28-33-37-41-45-49-53-57-66(72)73-60-54-50-46-42-38-34-30-27-25-23-21-19-18-20-22-24-26-29-32-36-40-44-48-52-56-65(71)67-63(61-68)64(70)59-58-62(69)55-51-47-43-39-35-31-16-14-12-10-8-6-4-2/h11,13,17,28,58-59,62-64,68-70H,3-10,12,14-16,18-27,29-57,60-61H2,1-2H3,(H,67,71)/b13-11-,28-17-,59-58+/t62-,63+,64-/m1/s1. The fraction of sp³-hybridized carbons (Fsp3) is 0.879. The fourth-order valence-corrected chi connectivity index (χ4v) is 9.98. The smallest absolute Gasteiger partial charge is 0.305 e. The highest BCUT2D eigenvalue weighted by Crippen LogP contribution is 2.18. The van der Waals surface area contributed by atoms with Gasteiger partial charge in [0.15, 0.2) is 0 Å². The Bertz CT molecular complexity index is 1200. The van der Waals surface area contributed by atoms with E-state index in [0.717, 1.165) is 57.8 Å². The topological polar surface area (TPSA) is 116 Å². The van der Waals surface area contributed by atoms with Gasteiger partial charge in [0.25, 0.3) is 0 Å². The van der Waals surface area contributed by atoms with E-state index >= 15 is 0 Å². The van der Waals surface area contributed by atoms with E-state index in [1.165, 1.54) is 256 Å². The molecular formula is C66H125NO6. The van der Waals surface area contributed by atoms with Crippen LogP contribution < -0.4 is 5.32 Å². The lowest BCUT2D eigenvalue weighted by molar-refractivity contribution is -0.143. The molecule has 0 unspecified atom stereocenters. The Hall–Kier alpha value is -1.96. The predicted octanol–water partition coefficient (Wildman–Crippen LogP) is 19.3.